The topological polar surface area (TPSA) is 105 Å². The van der Waals surface area contributed by atoms with Crippen molar-refractivity contribution < 1.29 is 38.1 Å². The Labute approximate surface area is 196 Å². The molecule has 3 aromatic rings. The number of hydrogen-bond acceptors (Lipinski definition) is 8. The maximum atomic E-state index is 12.5. The van der Waals surface area contributed by atoms with E-state index in [2.05, 4.69) is 0 Å². The fourth-order valence-electron chi connectivity index (χ4n) is 3.61. The lowest BCUT2D eigenvalue weighted by Crippen LogP contribution is -2.14. The van der Waals surface area contributed by atoms with Crippen molar-refractivity contribution in [3.05, 3.63) is 58.7 Å². The maximum Gasteiger partial charge on any atom is 0.339 e. The molecule has 0 heterocycles. The van der Waals surface area contributed by atoms with Gasteiger partial charge in [-0.1, -0.05) is 0 Å². The second-order valence-corrected chi connectivity index (χ2v) is 7.22. The first-order valence-electron chi connectivity index (χ1n) is 11.1. The summed E-state index contributed by atoms with van der Waals surface area (Å²) < 4.78 is 20.5. The van der Waals surface area contributed by atoms with Crippen molar-refractivity contribution in [3.8, 4) is 0 Å². The first kappa shape index (κ1) is 24.7. The predicted molar refractivity (Wildman–Crippen MR) is 125 cm³/mol. The van der Waals surface area contributed by atoms with E-state index in [1.54, 1.807) is 64.1 Å². The van der Waals surface area contributed by atoms with Crippen LogP contribution in [-0.4, -0.2) is 50.3 Å². The molecule has 0 saturated heterocycles. The van der Waals surface area contributed by atoms with Gasteiger partial charge in [0.1, 0.15) is 0 Å². The van der Waals surface area contributed by atoms with Gasteiger partial charge in [0.05, 0.1) is 48.7 Å². The monoisotopic (exact) mass is 466 g/mol. The molecular formula is C26H26O8. The minimum atomic E-state index is -0.641. The molecule has 0 aliphatic rings. The van der Waals surface area contributed by atoms with Gasteiger partial charge in [-0.3, -0.25) is 0 Å². The van der Waals surface area contributed by atoms with Crippen LogP contribution in [0.5, 0.6) is 0 Å². The summed E-state index contributed by atoms with van der Waals surface area (Å²) in [5.41, 5.74) is 0.337. The van der Waals surface area contributed by atoms with Crippen molar-refractivity contribution in [2.75, 3.05) is 26.4 Å². The first-order chi connectivity index (χ1) is 16.3. The molecule has 0 atom stereocenters. The zero-order chi connectivity index (χ0) is 24.8. The number of carbonyl (C=O) groups excluding carboxylic acids is 4. The van der Waals surface area contributed by atoms with E-state index in [-0.39, 0.29) is 48.7 Å². The number of rotatable bonds is 8. The van der Waals surface area contributed by atoms with Crippen LogP contribution in [0, 0.1) is 0 Å². The van der Waals surface area contributed by atoms with E-state index in [1.807, 2.05) is 0 Å². The van der Waals surface area contributed by atoms with Crippen molar-refractivity contribution in [2.24, 2.45) is 0 Å². The normalized spacial score (nSPS) is 10.7. The lowest BCUT2D eigenvalue weighted by Gasteiger charge is -2.13. The molecule has 0 unspecified atom stereocenters. The van der Waals surface area contributed by atoms with Crippen LogP contribution >= 0.6 is 0 Å². The third kappa shape index (κ3) is 5.01. The van der Waals surface area contributed by atoms with Crippen LogP contribution < -0.4 is 0 Å². The van der Waals surface area contributed by atoms with Gasteiger partial charge in [0, 0.05) is 0 Å². The molecule has 0 radical (unpaired) electrons. The molecule has 8 nitrogen and oxygen atoms in total. The summed E-state index contributed by atoms with van der Waals surface area (Å²) in [6.07, 6.45) is 0. The van der Waals surface area contributed by atoms with E-state index < -0.39 is 23.9 Å². The molecular weight excluding hydrogens is 440 g/mol. The van der Waals surface area contributed by atoms with Gasteiger partial charge in [-0.05, 0) is 85.6 Å². The van der Waals surface area contributed by atoms with Gasteiger partial charge in [0.2, 0.25) is 0 Å². The zero-order valence-corrected chi connectivity index (χ0v) is 19.6. The van der Waals surface area contributed by atoms with Crippen LogP contribution in [0.15, 0.2) is 36.4 Å². The smallest absolute Gasteiger partial charge is 0.339 e. The van der Waals surface area contributed by atoms with E-state index in [1.165, 1.54) is 0 Å². The van der Waals surface area contributed by atoms with Crippen molar-refractivity contribution >= 4 is 45.4 Å². The summed E-state index contributed by atoms with van der Waals surface area (Å²) in [5.74, 6) is -2.57. The third-order valence-corrected chi connectivity index (χ3v) is 5.05. The average Bonchev–Trinajstić information content (AvgIpc) is 2.81. The Hall–Kier alpha value is -3.94. The molecule has 3 aromatic carbocycles. The standard InChI is InChI=1S/C26H26O8/c1-5-31-23(27)19-11-15-9-17-13-21(25(29)33-7-3)22(26(30)34-8-4)14-18(17)10-16(15)12-20(19)24(28)32-6-2/h9-14H,5-8H2,1-4H3. The van der Waals surface area contributed by atoms with E-state index in [0.29, 0.717) is 21.5 Å². The van der Waals surface area contributed by atoms with Gasteiger partial charge in [0.15, 0.2) is 0 Å². The molecule has 178 valence electrons. The predicted octanol–water partition coefficient (Wildman–Crippen LogP) is 4.70. The summed E-state index contributed by atoms with van der Waals surface area (Å²) in [4.78, 5) is 50.1. The van der Waals surface area contributed by atoms with Crippen LogP contribution in [-0.2, 0) is 18.9 Å². The number of ether oxygens (including phenoxy) is 4. The van der Waals surface area contributed by atoms with E-state index in [4.69, 9.17) is 18.9 Å². The highest BCUT2D eigenvalue weighted by Crippen LogP contribution is 2.30. The molecule has 3 rings (SSSR count). The number of fused-ring (bicyclic) bond motifs is 2. The lowest BCUT2D eigenvalue weighted by atomic mass is 9.95. The van der Waals surface area contributed by atoms with Gasteiger partial charge >= 0.3 is 23.9 Å². The molecule has 8 heteroatoms. The zero-order valence-electron chi connectivity index (χ0n) is 19.6. The molecule has 0 aliphatic carbocycles. The lowest BCUT2D eigenvalue weighted by molar-refractivity contribution is 0.0479. The van der Waals surface area contributed by atoms with E-state index in [9.17, 15) is 19.2 Å². The summed E-state index contributed by atoms with van der Waals surface area (Å²) in [7, 11) is 0. The molecule has 0 bridgehead atoms. The second-order valence-electron chi connectivity index (χ2n) is 7.22. The van der Waals surface area contributed by atoms with Crippen LogP contribution in [0.4, 0.5) is 0 Å². The number of benzene rings is 3. The Bertz CT molecular complexity index is 1080. The van der Waals surface area contributed by atoms with Crippen LogP contribution in [0.3, 0.4) is 0 Å². The highest BCUT2D eigenvalue weighted by atomic mass is 16.5. The third-order valence-electron chi connectivity index (χ3n) is 5.05. The van der Waals surface area contributed by atoms with Crippen molar-refractivity contribution in [1.82, 2.24) is 0 Å². The van der Waals surface area contributed by atoms with Crippen molar-refractivity contribution in [1.29, 1.82) is 0 Å². The minimum Gasteiger partial charge on any atom is -0.462 e. The fraction of sp³-hybridized carbons (Fsp3) is 0.308. The van der Waals surface area contributed by atoms with Gasteiger partial charge in [0.25, 0.3) is 0 Å². The largest absolute Gasteiger partial charge is 0.462 e. The van der Waals surface area contributed by atoms with Gasteiger partial charge < -0.3 is 18.9 Å². The molecule has 0 fully saturated rings. The molecule has 0 aliphatic heterocycles. The Kier molecular flexibility index (Phi) is 7.83. The highest BCUT2D eigenvalue weighted by Gasteiger charge is 2.23. The molecule has 0 aromatic heterocycles. The molecule has 0 amide bonds. The van der Waals surface area contributed by atoms with E-state index in [0.717, 1.165) is 0 Å². The fourth-order valence-corrected chi connectivity index (χ4v) is 3.61. The summed E-state index contributed by atoms with van der Waals surface area (Å²) >= 11 is 0. The maximum absolute atomic E-state index is 12.5. The second kappa shape index (κ2) is 10.8. The average molecular weight is 466 g/mol. The van der Waals surface area contributed by atoms with Crippen molar-refractivity contribution in [2.45, 2.75) is 27.7 Å². The summed E-state index contributed by atoms with van der Waals surface area (Å²) in [6.45, 7) is 7.30. The number of hydrogen-bond donors (Lipinski definition) is 0. The van der Waals surface area contributed by atoms with Gasteiger partial charge in [-0.2, -0.15) is 0 Å². The highest BCUT2D eigenvalue weighted by molar-refractivity contribution is 6.12. The van der Waals surface area contributed by atoms with Crippen LogP contribution in [0.1, 0.15) is 69.1 Å². The van der Waals surface area contributed by atoms with Gasteiger partial charge in [-0.15, -0.1) is 0 Å². The van der Waals surface area contributed by atoms with Crippen molar-refractivity contribution in [3.63, 3.8) is 0 Å². The quantitative estimate of drug-likeness (QED) is 0.267. The Morgan fingerprint density at radius 3 is 0.824 bits per heavy atom. The molecule has 0 spiro atoms. The summed E-state index contributed by atoms with van der Waals surface area (Å²) in [5, 5.41) is 2.56. The molecule has 0 N–H and O–H groups in total. The van der Waals surface area contributed by atoms with Crippen LogP contribution in [0.2, 0.25) is 0 Å². The first-order valence-corrected chi connectivity index (χ1v) is 11.1. The van der Waals surface area contributed by atoms with E-state index >= 15 is 0 Å². The Morgan fingerprint density at radius 2 is 0.647 bits per heavy atom. The minimum absolute atomic E-state index is 0.0842. The number of carbonyl (C=O) groups is 4. The summed E-state index contributed by atoms with van der Waals surface area (Å²) in [6, 6.07) is 9.76. The Morgan fingerprint density at radius 1 is 0.441 bits per heavy atom. The Balaban J connectivity index is 2.28. The SMILES string of the molecule is CCOC(=O)c1cc2cc3cc(C(=O)OCC)c(C(=O)OCC)cc3cc2cc1C(=O)OCC. The molecule has 0 saturated carbocycles. The van der Waals surface area contributed by atoms with Gasteiger partial charge in [-0.25, -0.2) is 19.2 Å². The van der Waals surface area contributed by atoms with Crippen LogP contribution in [0.25, 0.3) is 21.5 Å². The number of esters is 4. The molecule has 34 heavy (non-hydrogen) atoms.